The first-order valence-corrected chi connectivity index (χ1v) is 10.3. The van der Waals surface area contributed by atoms with Crippen molar-refractivity contribution in [2.24, 2.45) is 17.8 Å². The molecule has 1 aliphatic heterocycles. The molecular formula is C23H32O5. The number of aliphatic carboxylic acids is 1. The summed E-state index contributed by atoms with van der Waals surface area (Å²) in [5.41, 5.74) is 0.469. The van der Waals surface area contributed by atoms with Crippen LogP contribution in [0.4, 0.5) is 0 Å². The standard InChI is InChI=1S/C23H32O5/c1-3-17(4-2)14-18-10-11-21(28-16-18)15-20(22(24)25)12-13-27-23(26)19-8-6-5-7-9-19/h5-11,17-18,20-21H,3-4,12-16H2,1-2H3,(H,24,25). The van der Waals surface area contributed by atoms with Gasteiger partial charge >= 0.3 is 11.9 Å². The third-order valence-electron chi connectivity index (χ3n) is 5.49. The molecule has 0 amide bonds. The molecule has 0 spiro atoms. The minimum atomic E-state index is -0.882. The van der Waals surface area contributed by atoms with E-state index < -0.39 is 17.9 Å². The van der Waals surface area contributed by atoms with Gasteiger partial charge < -0.3 is 14.6 Å². The molecule has 0 saturated heterocycles. The van der Waals surface area contributed by atoms with Gasteiger partial charge in [0.15, 0.2) is 0 Å². The van der Waals surface area contributed by atoms with Gasteiger partial charge in [-0.05, 0) is 37.3 Å². The Morgan fingerprint density at radius 2 is 1.86 bits per heavy atom. The first-order chi connectivity index (χ1) is 13.5. The van der Waals surface area contributed by atoms with Gasteiger partial charge in [0.2, 0.25) is 0 Å². The second-order valence-electron chi connectivity index (χ2n) is 7.50. The molecule has 1 aromatic carbocycles. The lowest BCUT2D eigenvalue weighted by atomic mass is 9.88. The van der Waals surface area contributed by atoms with Crippen LogP contribution in [0.5, 0.6) is 0 Å². The van der Waals surface area contributed by atoms with Crippen LogP contribution in [0.2, 0.25) is 0 Å². The summed E-state index contributed by atoms with van der Waals surface area (Å²) < 4.78 is 11.1. The van der Waals surface area contributed by atoms with Crippen molar-refractivity contribution in [2.75, 3.05) is 13.2 Å². The topological polar surface area (TPSA) is 72.8 Å². The van der Waals surface area contributed by atoms with Crippen LogP contribution in [-0.2, 0) is 14.3 Å². The van der Waals surface area contributed by atoms with Crippen LogP contribution in [0.15, 0.2) is 42.5 Å². The van der Waals surface area contributed by atoms with E-state index in [1.165, 1.54) is 12.8 Å². The van der Waals surface area contributed by atoms with E-state index in [1.54, 1.807) is 24.3 Å². The lowest BCUT2D eigenvalue weighted by molar-refractivity contribution is -0.143. The molecule has 5 nitrogen and oxygen atoms in total. The summed E-state index contributed by atoms with van der Waals surface area (Å²) in [4.78, 5) is 23.5. The Balaban J connectivity index is 1.78. The number of benzene rings is 1. The van der Waals surface area contributed by atoms with Crippen LogP contribution in [0, 0.1) is 17.8 Å². The number of carbonyl (C=O) groups excluding carboxylic acids is 1. The zero-order chi connectivity index (χ0) is 20.4. The van der Waals surface area contributed by atoms with Gasteiger partial charge in [0.1, 0.15) is 0 Å². The first kappa shape index (κ1) is 22.2. The fraction of sp³-hybridized carbons (Fsp3) is 0.565. The van der Waals surface area contributed by atoms with Gasteiger partial charge in [-0.1, -0.05) is 57.0 Å². The molecular weight excluding hydrogens is 356 g/mol. The van der Waals surface area contributed by atoms with Crippen LogP contribution < -0.4 is 0 Å². The maximum atomic E-state index is 12.0. The van der Waals surface area contributed by atoms with Gasteiger partial charge in [0, 0.05) is 5.92 Å². The maximum Gasteiger partial charge on any atom is 0.338 e. The zero-order valence-corrected chi connectivity index (χ0v) is 16.9. The van der Waals surface area contributed by atoms with Crippen LogP contribution in [0.3, 0.4) is 0 Å². The Morgan fingerprint density at radius 1 is 1.14 bits per heavy atom. The third-order valence-corrected chi connectivity index (χ3v) is 5.49. The Morgan fingerprint density at radius 3 is 2.43 bits per heavy atom. The fourth-order valence-corrected chi connectivity index (χ4v) is 3.56. The van der Waals surface area contributed by atoms with Gasteiger partial charge in [-0.3, -0.25) is 4.79 Å². The van der Waals surface area contributed by atoms with Crippen molar-refractivity contribution < 1.29 is 24.2 Å². The second-order valence-corrected chi connectivity index (χ2v) is 7.50. The molecule has 1 N–H and O–H groups in total. The van der Waals surface area contributed by atoms with Crippen molar-refractivity contribution in [1.29, 1.82) is 0 Å². The molecule has 2 rings (SSSR count). The molecule has 3 unspecified atom stereocenters. The highest BCUT2D eigenvalue weighted by Crippen LogP contribution is 2.26. The number of hydrogen-bond acceptors (Lipinski definition) is 4. The molecule has 1 heterocycles. The van der Waals surface area contributed by atoms with Crippen LogP contribution in [0.1, 0.15) is 56.3 Å². The van der Waals surface area contributed by atoms with Gasteiger partial charge in [0.25, 0.3) is 0 Å². The Kier molecular flexibility index (Phi) is 9.21. The van der Waals surface area contributed by atoms with Gasteiger partial charge in [-0.15, -0.1) is 0 Å². The number of ether oxygens (including phenoxy) is 2. The molecule has 1 aliphatic rings. The summed E-state index contributed by atoms with van der Waals surface area (Å²) in [5.74, 6) is -0.791. The summed E-state index contributed by atoms with van der Waals surface area (Å²) in [7, 11) is 0. The average molecular weight is 389 g/mol. The lowest BCUT2D eigenvalue weighted by Gasteiger charge is -2.27. The minimum absolute atomic E-state index is 0.0818. The van der Waals surface area contributed by atoms with Crippen LogP contribution in [-0.4, -0.2) is 36.4 Å². The second kappa shape index (κ2) is 11.6. The highest BCUT2D eigenvalue weighted by Gasteiger charge is 2.25. The van der Waals surface area contributed by atoms with Crippen molar-refractivity contribution in [3.8, 4) is 0 Å². The van der Waals surface area contributed by atoms with Crippen molar-refractivity contribution in [1.82, 2.24) is 0 Å². The van der Waals surface area contributed by atoms with Crippen molar-refractivity contribution in [3.05, 3.63) is 48.0 Å². The average Bonchev–Trinajstić information content (AvgIpc) is 2.72. The van der Waals surface area contributed by atoms with E-state index in [0.29, 0.717) is 30.4 Å². The summed E-state index contributed by atoms with van der Waals surface area (Å²) in [6, 6.07) is 8.70. The Hall–Kier alpha value is -2.14. The molecule has 0 fully saturated rings. The van der Waals surface area contributed by atoms with Crippen molar-refractivity contribution >= 4 is 11.9 Å². The summed E-state index contributed by atoms with van der Waals surface area (Å²) in [6.45, 7) is 5.16. The largest absolute Gasteiger partial charge is 0.481 e. The molecule has 0 aliphatic carbocycles. The summed E-state index contributed by atoms with van der Waals surface area (Å²) in [5, 5.41) is 9.50. The lowest BCUT2D eigenvalue weighted by Crippen LogP contribution is -2.28. The molecule has 0 saturated carbocycles. The van der Waals surface area contributed by atoms with Crippen LogP contribution >= 0.6 is 0 Å². The van der Waals surface area contributed by atoms with E-state index in [-0.39, 0.29) is 19.1 Å². The van der Waals surface area contributed by atoms with Gasteiger partial charge in [-0.2, -0.15) is 0 Å². The number of carboxylic acids is 1. The molecule has 1 aromatic rings. The highest BCUT2D eigenvalue weighted by atomic mass is 16.5. The monoisotopic (exact) mass is 388 g/mol. The predicted molar refractivity (Wildman–Crippen MR) is 108 cm³/mol. The number of hydrogen-bond donors (Lipinski definition) is 1. The molecule has 0 aromatic heterocycles. The molecule has 28 heavy (non-hydrogen) atoms. The van der Waals surface area contributed by atoms with Gasteiger partial charge in [-0.25, -0.2) is 4.79 Å². The quantitative estimate of drug-likeness (QED) is 0.438. The maximum absolute atomic E-state index is 12.0. The number of carbonyl (C=O) groups is 2. The number of rotatable bonds is 11. The Bertz CT molecular complexity index is 636. The minimum Gasteiger partial charge on any atom is -0.481 e. The molecule has 3 atom stereocenters. The van der Waals surface area contributed by atoms with Crippen LogP contribution in [0.25, 0.3) is 0 Å². The molecule has 154 valence electrons. The summed E-state index contributed by atoms with van der Waals surface area (Å²) >= 11 is 0. The van der Waals surface area contributed by atoms with E-state index in [9.17, 15) is 14.7 Å². The molecule has 5 heteroatoms. The van der Waals surface area contributed by atoms with Gasteiger partial charge in [0.05, 0.1) is 30.8 Å². The number of carboxylic acid groups (broad SMARTS) is 1. The highest BCUT2D eigenvalue weighted by molar-refractivity contribution is 5.89. The Labute approximate surface area is 167 Å². The van der Waals surface area contributed by atoms with Crippen molar-refractivity contribution in [2.45, 2.75) is 52.1 Å². The third kappa shape index (κ3) is 7.12. The fourth-order valence-electron chi connectivity index (χ4n) is 3.56. The summed E-state index contributed by atoms with van der Waals surface area (Å²) in [6.07, 6.45) is 8.13. The zero-order valence-electron chi connectivity index (χ0n) is 16.9. The molecule has 0 bridgehead atoms. The smallest absolute Gasteiger partial charge is 0.338 e. The van der Waals surface area contributed by atoms with E-state index in [1.807, 2.05) is 12.1 Å². The number of esters is 1. The predicted octanol–water partition coefficient (Wildman–Crippen LogP) is 4.72. The van der Waals surface area contributed by atoms with Crippen molar-refractivity contribution in [3.63, 3.8) is 0 Å². The molecule has 0 radical (unpaired) electrons. The van der Waals surface area contributed by atoms with E-state index in [2.05, 4.69) is 19.9 Å². The SMILES string of the molecule is CCC(CC)CC1C=CC(CC(CCOC(=O)c2ccccc2)C(=O)O)OC1. The van der Waals surface area contributed by atoms with E-state index in [0.717, 1.165) is 6.42 Å². The normalized spacial score (nSPS) is 20.1. The van der Waals surface area contributed by atoms with E-state index in [4.69, 9.17) is 9.47 Å². The van der Waals surface area contributed by atoms with E-state index >= 15 is 0 Å². The first-order valence-electron chi connectivity index (χ1n) is 10.3.